The summed E-state index contributed by atoms with van der Waals surface area (Å²) in [5.41, 5.74) is -0.188. The van der Waals surface area contributed by atoms with E-state index in [1.165, 1.54) is 0 Å². The van der Waals surface area contributed by atoms with Crippen molar-refractivity contribution in [2.45, 2.75) is 45.3 Å². The number of nitrogens with zero attached hydrogens (tertiary/aromatic N) is 1. The summed E-state index contributed by atoms with van der Waals surface area (Å²) >= 11 is 0. The highest BCUT2D eigenvalue weighted by atomic mass is 16.5. The highest BCUT2D eigenvalue weighted by molar-refractivity contribution is 5.79. The lowest BCUT2D eigenvalue weighted by atomic mass is 9.91. The smallest absolute Gasteiger partial charge is 0.225 e. The van der Waals surface area contributed by atoms with Crippen LogP contribution in [0.1, 0.15) is 33.6 Å². The standard InChI is InChI=1S/C13H24N2O2/c1-10-8-11(4-5-14-10)12(16)15-6-7-17-13(2,3)9-15/h10-11,14H,4-9H2,1-3H3/t10-,11-/m0/s1. The van der Waals surface area contributed by atoms with Gasteiger partial charge in [0.2, 0.25) is 5.91 Å². The minimum Gasteiger partial charge on any atom is -0.372 e. The third-order valence-corrected chi connectivity index (χ3v) is 3.71. The van der Waals surface area contributed by atoms with Crippen LogP contribution in [0.3, 0.4) is 0 Å². The number of ether oxygens (including phenoxy) is 1. The molecule has 0 aromatic heterocycles. The monoisotopic (exact) mass is 240 g/mol. The molecule has 0 unspecified atom stereocenters. The Morgan fingerprint density at radius 3 is 2.88 bits per heavy atom. The predicted octanol–water partition coefficient (Wildman–Crippen LogP) is 1.01. The van der Waals surface area contributed by atoms with Crippen LogP contribution in [0, 0.1) is 5.92 Å². The van der Waals surface area contributed by atoms with Gasteiger partial charge in [-0.1, -0.05) is 0 Å². The normalized spacial score (nSPS) is 33.5. The molecule has 2 heterocycles. The van der Waals surface area contributed by atoms with Gasteiger partial charge in [-0.25, -0.2) is 0 Å². The molecular weight excluding hydrogens is 216 g/mol. The Hall–Kier alpha value is -0.610. The minimum absolute atomic E-state index is 0.188. The molecule has 2 atom stereocenters. The van der Waals surface area contributed by atoms with Gasteiger partial charge in [0.1, 0.15) is 0 Å². The zero-order chi connectivity index (χ0) is 12.5. The average Bonchev–Trinajstić information content (AvgIpc) is 2.26. The molecule has 4 heteroatoms. The van der Waals surface area contributed by atoms with E-state index >= 15 is 0 Å². The third-order valence-electron chi connectivity index (χ3n) is 3.71. The van der Waals surface area contributed by atoms with Crippen molar-refractivity contribution in [3.8, 4) is 0 Å². The molecule has 0 spiro atoms. The van der Waals surface area contributed by atoms with Gasteiger partial charge in [0.15, 0.2) is 0 Å². The van der Waals surface area contributed by atoms with Crippen molar-refractivity contribution in [2.75, 3.05) is 26.2 Å². The van der Waals surface area contributed by atoms with E-state index in [0.717, 1.165) is 32.5 Å². The van der Waals surface area contributed by atoms with Gasteiger partial charge in [0.25, 0.3) is 0 Å². The summed E-state index contributed by atoms with van der Waals surface area (Å²) in [6.07, 6.45) is 1.94. The first-order valence-electron chi connectivity index (χ1n) is 6.64. The lowest BCUT2D eigenvalue weighted by molar-refractivity contribution is -0.151. The van der Waals surface area contributed by atoms with Crippen LogP contribution in [0.4, 0.5) is 0 Å². The molecular formula is C13H24N2O2. The first-order valence-corrected chi connectivity index (χ1v) is 6.64. The van der Waals surface area contributed by atoms with Crippen LogP contribution in [-0.4, -0.2) is 48.7 Å². The minimum atomic E-state index is -0.188. The lowest BCUT2D eigenvalue weighted by Crippen LogP contribution is -2.53. The molecule has 0 radical (unpaired) electrons. The van der Waals surface area contributed by atoms with Gasteiger partial charge in [-0.2, -0.15) is 0 Å². The highest BCUT2D eigenvalue weighted by Gasteiger charge is 2.34. The fraction of sp³-hybridized carbons (Fsp3) is 0.923. The second kappa shape index (κ2) is 4.94. The van der Waals surface area contributed by atoms with Crippen LogP contribution in [0.5, 0.6) is 0 Å². The summed E-state index contributed by atoms with van der Waals surface area (Å²) in [7, 11) is 0. The van der Waals surface area contributed by atoms with Crippen LogP contribution in [0.15, 0.2) is 0 Å². The van der Waals surface area contributed by atoms with E-state index in [9.17, 15) is 4.79 Å². The Bertz CT molecular complexity index is 291. The Morgan fingerprint density at radius 1 is 1.47 bits per heavy atom. The number of carbonyl (C=O) groups excluding carboxylic acids is 1. The molecule has 0 saturated carbocycles. The number of rotatable bonds is 1. The van der Waals surface area contributed by atoms with Crippen LogP contribution in [0.25, 0.3) is 0 Å². The lowest BCUT2D eigenvalue weighted by Gasteiger charge is -2.40. The Labute approximate surface area is 104 Å². The van der Waals surface area contributed by atoms with E-state index in [4.69, 9.17) is 4.74 Å². The SMILES string of the molecule is C[C@H]1C[C@@H](C(=O)N2CCOC(C)(C)C2)CCN1. The van der Waals surface area contributed by atoms with Crippen LogP contribution < -0.4 is 5.32 Å². The van der Waals surface area contributed by atoms with Crippen molar-refractivity contribution in [1.29, 1.82) is 0 Å². The Morgan fingerprint density at radius 2 is 2.24 bits per heavy atom. The fourth-order valence-electron chi connectivity index (χ4n) is 2.82. The van der Waals surface area contributed by atoms with E-state index < -0.39 is 0 Å². The zero-order valence-electron chi connectivity index (χ0n) is 11.2. The number of nitrogens with one attached hydrogen (secondary N) is 1. The molecule has 0 aromatic rings. The van der Waals surface area contributed by atoms with Crippen molar-refractivity contribution in [3.63, 3.8) is 0 Å². The molecule has 2 rings (SSSR count). The molecule has 0 aliphatic carbocycles. The number of morpholine rings is 1. The molecule has 17 heavy (non-hydrogen) atoms. The van der Waals surface area contributed by atoms with Gasteiger partial charge < -0.3 is 15.0 Å². The van der Waals surface area contributed by atoms with Gasteiger partial charge in [-0.3, -0.25) is 4.79 Å². The predicted molar refractivity (Wildman–Crippen MR) is 66.8 cm³/mol. The number of hydrogen-bond acceptors (Lipinski definition) is 3. The second-order valence-corrected chi connectivity index (χ2v) is 5.94. The molecule has 2 aliphatic heterocycles. The number of amides is 1. The highest BCUT2D eigenvalue weighted by Crippen LogP contribution is 2.23. The number of piperidine rings is 1. The first-order chi connectivity index (χ1) is 7.98. The van der Waals surface area contributed by atoms with Crippen molar-refractivity contribution in [1.82, 2.24) is 10.2 Å². The van der Waals surface area contributed by atoms with Crippen molar-refractivity contribution in [2.24, 2.45) is 5.92 Å². The molecule has 0 bridgehead atoms. The van der Waals surface area contributed by atoms with E-state index in [1.807, 2.05) is 4.90 Å². The number of hydrogen-bond donors (Lipinski definition) is 1. The summed E-state index contributed by atoms with van der Waals surface area (Å²) < 4.78 is 5.65. The van der Waals surface area contributed by atoms with Gasteiger partial charge in [0.05, 0.1) is 12.2 Å². The Balaban J connectivity index is 1.94. The molecule has 1 amide bonds. The molecule has 2 saturated heterocycles. The molecule has 0 aromatic carbocycles. The summed E-state index contributed by atoms with van der Waals surface area (Å²) in [6.45, 7) is 9.37. The maximum absolute atomic E-state index is 12.4. The summed E-state index contributed by atoms with van der Waals surface area (Å²) in [5.74, 6) is 0.537. The topological polar surface area (TPSA) is 41.6 Å². The summed E-state index contributed by atoms with van der Waals surface area (Å²) in [5, 5.41) is 3.39. The second-order valence-electron chi connectivity index (χ2n) is 5.94. The van der Waals surface area contributed by atoms with E-state index in [2.05, 4.69) is 26.1 Å². The fourth-order valence-corrected chi connectivity index (χ4v) is 2.82. The third kappa shape index (κ3) is 3.19. The van der Waals surface area contributed by atoms with Crippen molar-refractivity contribution in [3.05, 3.63) is 0 Å². The maximum Gasteiger partial charge on any atom is 0.225 e. The summed E-state index contributed by atoms with van der Waals surface area (Å²) in [4.78, 5) is 14.4. The molecule has 2 aliphatic rings. The van der Waals surface area contributed by atoms with E-state index in [1.54, 1.807) is 0 Å². The zero-order valence-corrected chi connectivity index (χ0v) is 11.2. The van der Waals surface area contributed by atoms with Gasteiger partial charge in [-0.05, 0) is 40.2 Å². The molecule has 98 valence electrons. The quantitative estimate of drug-likeness (QED) is 0.744. The van der Waals surface area contributed by atoms with E-state index in [-0.39, 0.29) is 11.5 Å². The van der Waals surface area contributed by atoms with E-state index in [0.29, 0.717) is 18.6 Å². The molecule has 1 N–H and O–H groups in total. The van der Waals surface area contributed by atoms with Gasteiger partial charge in [-0.15, -0.1) is 0 Å². The molecule has 2 fully saturated rings. The van der Waals surface area contributed by atoms with Gasteiger partial charge in [0, 0.05) is 25.0 Å². The Kier molecular flexibility index (Phi) is 3.73. The van der Waals surface area contributed by atoms with Crippen LogP contribution in [0.2, 0.25) is 0 Å². The summed E-state index contributed by atoms with van der Waals surface area (Å²) in [6, 6.07) is 0.465. The number of carbonyl (C=O) groups is 1. The molecule has 4 nitrogen and oxygen atoms in total. The van der Waals surface area contributed by atoms with Gasteiger partial charge >= 0.3 is 0 Å². The first kappa shape index (κ1) is 12.8. The van der Waals surface area contributed by atoms with Crippen molar-refractivity contribution < 1.29 is 9.53 Å². The maximum atomic E-state index is 12.4. The van der Waals surface area contributed by atoms with Crippen molar-refractivity contribution >= 4 is 5.91 Å². The largest absolute Gasteiger partial charge is 0.372 e. The van der Waals surface area contributed by atoms with Crippen LogP contribution >= 0.6 is 0 Å². The van der Waals surface area contributed by atoms with Crippen LogP contribution in [-0.2, 0) is 9.53 Å². The average molecular weight is 240 g/mol.